The lowest BCUT2D eigenvalue weighted by Gasteiger charge is -2.28. The lowest BCUT2D eigenvalue weighted by molar-refractivity contribution is 0.376. The Morgan fingerprint density at radius 1 is 1.37 bits per heavy atom. The first kappa shape index (κ1) is 16.3. The van der Waals surface area contributed by atoms with Crippen molar-refractivity contribution < 1.29 is 4.74 Å². The average Bonchev–Trinajstić information content (AvgIpc) is 2.37. The van der Waals surface area contributed by atoms with Crippen molar-refractivity contribution in [2.45, 2.75) is 13.8 Å². The summed E-state index contributed by atoms with van der Waals surface area (Å²) in [6, 6.07) is 6.20. The number of nitrogens with one attached hydrogen (secondary N) is 1. The van der Waals surface area contributed by atoms with Crippen LogP contribution >= 0.6 is 15.9 Å². The van der Waals surface area contributed by atoms with Crippen molar-refractivity contribution in [2.75, 3.05) is 39.2 Å². The molecule has 0 heterocycles. The SMILES string of the molecule is CNCC(CN(C)c1ccc(OC)c(Br)c1)C(C)C. The first-order chi connectivity index (χ1) is 8.99. The summed E-state index contributed by atoms with van der Waals surface area (Å²) in [4.78, 5) is 2.30. The Morgan fingerprint density at radius 2 is 2.05 bits per heavy atom. The van der Waals surface area contributed by atoms with Gasteiger partial charge in [0.05, 0.1) is 11.6 Å². The van der Waals surface area contributed by atoms with Gasteiger partial charge in [0, 0.05) is 19.3 Å². The highest BCUT2D eigenvalue weighted by molar-refractivity contribution is 9.10. The van der Waals surface area contributed by atoms with E-state index in [1.807, 2.05) is 13.1 Å². The molecule has 1 N–H and O–H groups in total. The maximum atomic E-state index is 5.26. The molecule has 1 rings (SSSR count). The molecule has 0 spiro atoms. The van der Waals surface area contributed by atoms with Crippen LogP contribution in [0, 0.1) is 11.8 Å². The molecule has 3 nitrogen and oxygen atoms in total. The summed E-state index contributed by atoms with van der Waals surface area (Å²) < 4.78 is 6.26. The van der Waals surface area contributed by atoms with Crippen LogP contribution < -0.4 is 15.0 Å². The van der Waals surface area contributed by atoms with E-state index in [0.717, 1.165) is 23.3 Å². The van der Waals surface area contributed by atoms with Gasteiger partial charge in [0.1, 0.15) is 5.75 Å². The zero-order chi connectivity index (χ0) is 14.4. The maximum absolute atomic E-state index is 5.26. The number of hydrogen-bond acceptors (Lipinski definition) is 3. The molecule has 0 aromatic heterocycles. The number of nitrogens with zero attached hydrogens (tertiary/aromatic N) is 1. The van der Waals surface area contributed by atoms with Gasteiger partial charge in [-0.15, -0.1) is 0 Å². The van der Waals surface area contributed by atoms with E-state index >= 15 is 0 Å². The second kappa shape index (κ2) is 7.75. The second-order valence-corrected chi connectivity index (χ2v) is 6.12. The van der Waals surface area contributed by atoms with Crippen LogP contribution in [0.2, 0.25) is 0 Å². The molecule has 4 heteroatoms. The van der Waals surface area contributed by atoms with E-state index in [9.17, 15) is 0 Å². The molecule has 0 radical (unpaired) electrons. The second-order valence-electron chi connectivity index (χ2n) is 5.26. The molecule has 108 valence electrons. The van der Waals surface area contributed by atoms with Crippen LogP contribution in [0.3, 0.4) is 0 Å². The summed E-state index contributed by atoms with van der Waals surface area (Å²) in [7, 11) is 5.84. The van der Waals surface area contributed by atoms with Gasteiger partial charge in [-0.1, -0.05) is 13.8 Å². The van der Waals surface area contributed by atoms with Crippen molar-refractivity contribution in [1.29, 1.82) is 0 Å². The van der Waals surface area contributed by atoms with Crippen LogP contribution in [0.25, 0.3) is 0 Å². The number of anilines is 1. The van der Waals surface area contributed by atoms with Gasteiger partial charge in [0.2, 0.25) is 0 Å². The molecule has 0 saturated heterocycles. The van der Waals surface area contributed by atoms with Crippen molar-refractivity contribution in [3.63, 3.8) is 0 Å². The summed E-state index contributed by atoms with van der Waals surface area (Å²) in [5.74, 6) is 2.17. The molecule has 1 atom stereocenters. The van der Waals surface area contributed by atoms with E-state index in [2.05, 4.69) is 59.2 Å². The van der Waals surface area contributed by atoms with Crippen LogP contribution in [0.1, 0.15) is 13.8 Å². The topological polar surface area (TPSA) is 24.5 Å². The van der Waals surface area contributed by atoms with E-state index in [-0.39, 0.29) is 0 Å². The van der Waals surface area contributed by atoms with Gasteiger partial charge in [0.15, 0.2) is 0 Å². The summed E-state index contributed by atoms with van der Waals surface area (Å²) >= 11 is 3.54. The summed E-state index contributed by atoms with van der Waals surface area (Å²) in [6.45, 7) is 6.64. The lowest BCUT2D eigenvalue weighted by atomic mass is 9.95. The van der Waals surface area contributed by atoms with Crippen LogP contribution in [0.4, 0.5) is 5.69 Å². The molecule has 0 saturated carbocycles. The Bertz CT molecular complexity index is 396. The van der Waals surface area contributed by atoms with Crippen LogP contribution in [-0.2, 0) is 0 Å². The summed E-state index contributed by atoms with van der Waals surface area (Å²) in [5, 5.41) is 3.28. The third-order valence-corrected chi connectivity index (χ3v) is 4.11. The van der Waals surface area contributed by atoms with Gasteiger partial charge in [-0.05, 0) is 59.6 Å². The first-order valence-corrected chi connectivity index (χ1v) is 7.48. The van der Waals surface area contributed by atoms with E-state index < -0.39 is 0 Å². The fourth-order valence-corrected chi connectivity index (χ4v) is 2.65. The Hall–Kier alpha value is -0.740. The summed E-state index contributed by atoms with van der Waals surface area (Å²) in [5.41, 5.74) is 1.20. The fourth-order valence-electron chi connectivity index (χ4n) is 2.12. The Labute approximate surface area is 125 Å². The van der Waals surface area contributed by atoms with E-state index in [0.29, 0.717) is 11.8 Å². The highest BCUT2D eigenvalue weighted by atomic mass is 79.9. The third-order valence-electron chi connectivity index (χ3n) is 3.49. The lowest BCUT2D eigenvalue weighted by Crippen LogP contribution is -2.34. The minimum Gasteiger partial charge on any atom is -0.496 e. The van der Waals surface area contributed by atoms with Gasteiger partial charge in [-0.25, -0.2) is 0 Å². The molecule has 1 aromatic rings. The Kier molecular flexibility index (Phi) is 6.66. The van der Waals surface area contributed by atoms with E-state index in [1.54, 1.807) is 7.11 Å². The highest BCUT2D eigenvalue weighted by Gasteiger charge is 2.15. The molecule has 0 aliphatic carbocycles. The van der Waals surface area contributed by atoms with Gasteiger partial charge >= 0.3 is 0 Å². The number of halogens is 1. The molecule has 0 amide bonds. The predicted molar refractivity (Wildman–Crippen MR) is 86.2 cm³/mol. The van der Waals surface area contributed by atoms with Gasteiger partial charge in [-0.2, -0.15) is 0 Å². The minimum atomic E-state index is 0.635. The van der Waals surface area contributed by atoms with Gasteiger partial charge in [0.25, 0.3) is 0 Å². The van der Waals surface area contributed by atoms with Crippen molar-refractivity contribution in [1.82, 2.24) is 5.32 Å². The van der Waals surface area contributed by atoms with Gasteiger partial charge in [-0.3, -0.25) is 0 Å². The molecule has 19 heavy (non-hydrogen) atoms. The van der Waals surface area contributed by atoms with Crippen molar-refractivity contribution >= 4 is 21.6 Å². The summed E-state index contributed by atoms with van der Waals surface area (Å²) in [6.07, 6.45) is 0. The molecule has 0 aliphatic heterocycles. The van der Waals surface area contributed by atoms with Crippen molar-refractivity contribution in [3.05, 3.63) is 22.7 Å². The van der Waals surface area contributed by atoms with Crippen LogP contribution in [0.5, 0.6) is 5.75 Å². The quantitative estimate of drug-likeness (QED) is 0.830. The number of benzene rings is 1. The van der Waals surface area contributed by atoms with Gasteiger partial charge < -0.3 is 15.0 Å². The average molecular weight is 329 g/mol. The van der Waals surface area contributed by atoms with Crippen molar-refractivity contribution in [2.24, 2.45) is 11.8 Å². The van der Waals surface area contributed by atoms with Crippen LogP contribution in [0.15, 0.2) is 22.7 Å². The predicted octanol–water partition coefficient (Wildman–Crippen LogP) is 3.39. The molecule has 1 aromatic carbocycles. The highest BCUT2D eigenvalue weighted by Crippen LogP contribution is 2.29. The standard InChI is InChI=1S/C15H25BrN2O/c1-11(2)12(9-17-3)10-18(4)13-6-7-15(19-5)14(16)8-13/h6-8,11-12,17H,9-10H2,1-5H3. The molecular formula is C15H25BrN2O. The largest absolute Gasteiger partial charge is 0.496 e. The maximum Gasteiger partial charge on any atom is 0.133 e. The Morgan fingerprint density at radius 3 is 2.53 bits per heavy atom. The number of rotatable bonds is 7. The molecular weight excluding hydrogens is 304 g/mol. The van der Waals surface area contributed by atoms with Crippen molar-refractivity contribution in [3.8, 4) is 5.75 Å². The van der Waals surface area contributed by atoms with E-state index in [4.69, 9.17) is 4.74 Å². The zero-order valence-corrected chi connectivity index (χ0v) is 14.1. The van der Waals surface area contributed by atoms with Crippen LogP contribution in [-0.4, -0.2) is 34.3 Å². The monoisotopic (exact) mass is 328 g/mol. The number of hydrogen-bond donors (Lipinski definition) is 1. The molecule has 1 unspecified atom stereocenters. The third kappa shape index (κ3) is 4.69. The zero-order valence-electron chi connectivity index (χ0n) is 12.5. The smallest absolute Gasteiger partial charge is 0.133 e. The minimum absolute atomic E-state index is 0.635. The molecule has 0 fully saturated rings. The molecule has 0 bridgehead atoms. The van der Waals surface area contributed by atoms with E-state index in [1.165, 1.54) is 5.69 Å². The first-order valence-electron chi connectivity index (χ1n) is 6.68. The fraction of sp³-hybridized carbons (Fsp3) is 0.600. The Balaban J connectivity index is 2.76. The number of methoxy groups -OCH3 is 1. The molecule has 0 aliphatic rings. The normalized spacial score (nSPS) is 12.6. The number of ether oxygens (including phenoxy) is 1.